The van der Waals surface area contributed by atoms with Gasteiger partial charge in [0.15, 0.2) is 0 Å². The Morgan fingerprint density at radius 2 is 1.96 bits per heavy atom. The molecule has 1 aliphatic rings. The summed E-state index contributed by atoms with van der Waals surface area (Å²) in [6, 6.07) is 6.25. The first kappa shape index (κ1) is 17.3. The summed E-state index contributed by atoms with van der Waals surface area (Å²) in [5.74, 6) is -1.50. The molecule has 23 heavy (non-hydrogen) atoms. The van der Waals surface area contributed by atoms with Crippen LogP contribution >= 0.6 is 0 Å². The van der Waals surface area contributed by atoms with Crippen molar-refractivity contribution in [3.8, 4) is 0 Å². The number of benzene rings is 1. The first-order chi connectivity index (χ1) is 10.6. The molecule has 1 N–H and O–H groups in total. The van der Waals surface area contributed by atoms with E-state index in [4.69, 9.17) is 0 Å². The van der Waals surface area contributed by atoms with Crippen molar-refractivity contribution in [3.05, 3.63) is 29.8 Å². The Labute approximate surface area is 135 Å². The van der Waals surface area contributed by atoms with Crippen molar-refractivity contribution in [1.82, 2.24) is 4.90 Å². The number of aliphatic carboxylic acids is 1. The number of carbonyl (C=O) groups excluding carboxylic acids is 1. The van der Waals surface area contributed by atoms with Crippen LogP contribution in [0.5, 0.6) is 0 Å². The largest absolute Gasteiger partial charge is 0.480 e. The van der Waals surface area contributed by atoms with Crippen LogP contribution in [0.2, 0.25) is 0 Å². The van der Waals surface area contributed by atoms with E-state index in [9.17, 15) is 23.1 Å². The van der Waals surface area contributed by atoms with Gasteiger partial charge in [-0.05, 0) is 38.5 Å². The number of carboxylic acid groups (broad SMARTS) is 1. The number of hydrogen-bond donors (Lipinski definition) is 1. The number of likely N-dealkylation sites (N-methyl/N-ethyl adjacent to an activating group) is 1. The van der Waals surface area contributed by atoms with E-state index in [1.807, 2.05) is 0 Å². The van der Waals surface area contributed by atoms with Gasteiger partial charge in [-0.25, -0.2) is 13.2 Å². The van der Waals surface area contributed by atoms with Gasteiger partial charge in [-0.15, -0.1) is 0 Å². The number of nitrogens with zero attached hydrogens (tertiary/aromatic N) is 2. The van der Waals surface area contributed by atoms with Crippen LogP contribution in [0, 0.1) is 0 Å². The molecule has 1 saturated heterocycles. The maximum absolute atomic E-state index is 12.5. The maximum Gasteiger partial charge on any atom is 0.329 e. The molecule has 0 unspecified atom stereocenters. The second-order valence-corrected chi connectivity index (χ2v) is 8.03. The van der Waals surface area contributed by atoms with Gasteiger partial charge >= 0.3 is 5.97 Å². The van der Waals surface area contributed by atoms with Gasteiger partial charge in [-0.3, -0.25) is 9.10 Å². The molecular weight excluding hydrogens is 320 g/mol. The van der Waals surface area contributed by atoms with Crippen molar-refractivity contribution in [2.45, 2.75) is 25.8 Å². The van der Waals surface area contributed by atoms with E-state index in [0.717, 1.165) is 4.90 Å². The summed E-state index contributed by atoms with van der Waals surface area (Å²) in [7, 11) is -1.92. The molecule has 1 aromatic rings. The first-order valence-electron chi connectivity index (χ1n) is 7.19. The quantitative estimate of drug-likeness (QED) is 0.887. The van der Waals surface area contributed by atoms with Crippen LogP contribution in [-0.4, -0.2) is 55.2 Å². The van der Waals surface area contributed by atoms with Crippen LogP contribution in [0.25, 0.3) is 0 Å². The minimum absolute atomic E-state index is 0.0944. The molecule has 1 fully saturated rings. The van der Waals surface area contributed by atoms with Gasteiger partial charge in [0.1, 0.15) is 5.54 Å². The van der Waals surface area contributed by atoms with Crippen LogP contribution in [0.1, 0.15) is 30.6 Å². The summed E-state index contributed by atoms with van der Waals surface area (Å²) >= 11 is 0. The smallest absolute Gasteiger partial charge is 0.329 e. The van der Waals surface area contributed by atoms with Crippen molar-refractivity contribution in [3.63, 3.8) is 0 Å². The van der Waals surface area contributed by atoms with E-state index >= 15 is 0 Å². The van der Waals surface area contributed by atoms with E-state index in [2.05, 4.69) is 0 Å². The highest BCUT2D eigenvalue weighted by Crippen LogP contribution is 2.26. The topological polar surface area (TPSA) is 95.0 Å². The van der Waals surface area contributed by atoms with Gasteiger partial charge in [0, 0.05) is 19.2 Å². The molecule has 1 aromatic carbocycles. The molecule has 1 aliphatic heterocycles. The molecule has 0 atom stereocenters. The Bertz CT molecular complexity index is 742. The maximum atomic E-state index is 12.5. The summed E-state index contributed by atoms with van der Waals surface area (Å²) < 4.78 is 25.2. The number of hydrogen-bond acceptors (Lipinski definition) is 4. The number of sulfonamides is 1. The summed E-state index contributed by atoms with van der Waals surface area (Å²) in [6.45, 7) is 3.25. The van der Waals surface area contributed by atoms with E-state index in [1.165, 1.54) is 31.3 Å². The summed E-state index contributed by atoms with van der Waals surface area (Å²) in [6.07, 6.45) is 0.548. The third-order valence-electron chi connectivity index (χ3n) is 4.15. The molecule has 0 aromatic heterocycles. The van der Waals surface area contributed by atoms with Gasteiger partial charge in [0.25, 0.3) is 5.91 Å². The number of rotatable bonds is 4. The number of anilines is 1. The highest BCUT2D eigenvalue weighted by Gasteiger charge is 2.36. The first-order valence-corrected chi connectivity index (χ1v) is 8.80. The minimum Gasteiger partial charge on any atom is -0.480 e. The second kappa shape index (κ2) is 5.84. The zero-order chi connectivity index (χ0) is 17.4. The zero-order valence-corrected chi connectivity index (χ0v) is 14.1. The lowest BCUT2D eigenvalue weighted by Gasteiger charge is -2.31. The van der Waals surface area contributed by atoms with Gasteiger partial charge in [-0.1, -0.05) is 6.07 Å². The highest BCUT2D eigenvalue weighted by atomic mass is 32.2. The number of amides is 1. The lowest BCUT2D eigenvalue weighted by molar-refractivity contribution is -0.147. The Hall–Kier alpha value is -2.09. The highest BCUT2D eigenvalue weighted by molar-refractivity contribution is 7.93. The van der Waals surface area contributed by atoms with Crippen molar-refractivity contribution < 1.29 is 23.1 Å². The molecule has 1 amide bonds. The van der Waals surface area contributed by atoms with Gasteiger partial charge in [-0.2, -0.15) is 0 Å². The molecule has 126 valence electrons. The van der Waals surface area contributed by atoms with Crippen molar-refractivity contribution in [1.29, 1.82) is 0 Å². The third-order valence-corrected chi connectivity index (χ3v) is 6.02. The zero-order valence-electron chi connectivity index (χ0n) is 13.3. The molecule has 7 nitrogen and oxygen atoms in total. The molecule has 0 bridgehead atoms. The lowest BCUT2D eigenvalue weighted by Crippen LogP contribution is -2.50. The fraction of sp³-hybridized carbons (Fsp3) is 0.467. The monoisotopic (exact) mass is 340 g/mol. The Morgan fingerprint density at radius 1 is 1.30 bits per heavy atom. The average Bonchev–Trinajstić information content (AvgIpc) is 2.85. The van der Waals surface area contributed by atoms with Crippen molar-refractivity contribution in [2.24, 2.45) is 0 Å². The van der Waals surface area contributed by atoms with Gasteiger partial charge in [0.05, 0.1) is 11.4 Å². The SMILES string of the molecule is CN(C(=O)c1cccc(N2CCCS2(=O)=O)c1)C(C)(C)C(=O)O. The Morgan fingerprint density at radius 3 is 2.48 bits per heavy atom. The minimum atomic E-state index is -3.33. The molecule has 0 spiro atoms. The summed E-state index contributed by atoms with van der Waals surface area (Å²) in [5.41, 5.74) is -0.691. The molecule has 1 heterocycles. The van der Waals surface area contributed by atoms with Crippen LogP contribution in [-0.2, 0) is 14.8 Å². The van der Waals surface area contributed by atoms with Crippen molar-refractivity contribution in [2.75, 3.05) is 23.7 Å². The fourth-order valence-corrected chi connectivity index (χ4v) is 3.87. The fourth-order valence-electron chi connectivity index (χ4n) is 2.31. The second-order valence-electron chi connectivity index (χ2n) is 6.02. The third kappa shape index (κ3) is 3.17. The summed E-state index contributed by atoms with van der Waals surface area (Å²) in [4.78, 5) is 24.9. The van der Waals surface area contributed by atoms with E-state index in [1.54, 1.807) is 18.2 Å². The standard InChI is InChI=1S/C15H20N2O5S/c1-15(2,14(19)20)16(3)13(18)11-6-4-7-12(10-11)17-8-5-9-23(17,21)22/h4,6-7,10H,5,8-9H2,1-3H3,(H,19,20). The van der Waals surface area contributed by atoms with Crippen LogP contribution in [0.3, 0.4) is 0 Å². The molecule has 0 radical (unpaired) electrons. The molecule has 0 aliphatic carbocycles. The number of carbonyl (C=O) groups is 2. The Kier molecular flexibility index (Phi) is 4.39. The van der Waals surface area contributed by atoms with Crippen LogP contribution in [0.15, 0.2) is 24.3 Å². The van der Waals surface area contributed by atoms with E-state index in [0.29, 0.717) is 18.7 Å². The normalized spacial score (nSPS) is 17.1. The molecule has 2 rings (SSSR count). The van der Waals surface area contributed by atoms with E-state index < -0.39 is 27.4 Å². The molecular formula is C15H20N2O5S. The van der Waals surface area contributed by atoms with Crippen LogP contribution < -0.4 is 4.31 Å². The predicted molar refractivity (Wildman–Crippen MR) is 86.0 cm³/mol. The molecule has 0 saturated carbocycles. The van der Waals surface area contributed by atoms with Gasteiger partial charge in [0.2, 0.25) is 10.0 Å². The average molecular weight is 340 g/mol. The van der Waals surface area contributed by atoms with Crippen LogP contribution in [0.4, 0.5) is 5.69 Å². The van der Waals surface area contributed by atoms with Gasteiger partial charge < -0.3 is 10.0 Å². The van der Waals surface area contributed by atoms with Crippen molar-refractivity contribution >= 4 is 27.6 Å². The molecule has 8 heteroatoms. The summed E-state index contributed by atoms with van der Waals surface area (Å²) in [5, 5.41) is 9.22. The lowest BCUT2D eigenvalue weighted by atomic mass is 10.0. The Balaban J connectivity index is 2.33. The number of carboxylic acids is 1. The predicted octanol–water partition coefficient (Wildman–Crippen LogP) is 1.16. The van der Waals surface area contributed by atoms with E-state index in [-0.39, 0.29) is 11.3 Å².